The summed E-state index contributed by atoms with van der Waals surface area (Å²) in [6, 6.07) is 5.99. The Balaban J connectivity index is 0. The highest BCUT2D eigenvalue weighted by molar-refractivity contribution is 7.85. The minimum Gasteiger partial charge on any atom is -0.481 e. The van der Waals surface area contributed by atoms with E-state index in [1.807, 2.05) is 6.92 Å². The van der Waals surface area contributed by atoms with Crippen molar-refractivity contribution in [2.24, 2.45) is 0 Å². The van der Waals surface area contributed by atoms with Crippen LogP contribution >= 0.6 is 0 Å². The highest BCUT2D eigenvalue weighted by Gasteiger charge is 2.06. The third kappa shape index (κ3) is 20.5. The molecule has 0 aliphatic rings. The molecule has 0 fully saturated rings. The Morgan fingerprint density at radius 1 is 0.880 bits per heavy atom. The largest absolute Gasteiger partial charge is 0.481 e. The first kappa shape index (κ1) is 25.8. The van der Waals surface area contributed by atoms with Crippen molar-refractivity contribution in [1.29, 1.82) is 0 Å². The summed E-state index contributed by atoms with van der Waals surface area (Å²) in [4.78, 5) is 8.93. The normalized spacial score (nSPS) is 10.1. The lowest BCUT2D eigenvalue weighted by Gasteiger charge is -1.97. The maximum atomic E-state index is 10.5. The Morgan fingerprint density at radius 2 is 1.20 bits per heavy atom. The molecule has 0 saturated heterocycles. The molecule has 0 radical (unpaired) electrons. The van der Waals surface area contributed by atoms with Crippen molar-refractivity contribution >= 4 is 16.1 Å². The van der Waals surface area contributed by atoms with Gasteiger partial charge in [0.1, 0.15) is 0 Å². The molecule has 0 atom stereocenters. The van der Waals surface area contributed by atoms with Crippen LogP contribution in [0.15, 0.2) is 29.2 Å². The molecule has 0 saturated carbocycles. The zero-order valence-corrected chi connectivity index (χ0v) is 15.7. The van der Waals surface area contributed by atoms with Gasteiger partial charge in [-0.2, -0.15) is 8.42 Å². The fourth-order valence-corrected chi connectivity index (χ4v) is 2.12. The maximum absolute atomic E-state index is 10.5. The van der Waals surface area contributed by atoms with Gasteiger partial charge in [-0.05, 0) is 31.9 Å². The Morgan fingerprint density at radius 3 is 1.48 bits per heavy atom. The second-order valence-electron chi connectivity index (χ2n) is 5.38. The van der Waals surface area contributed by atoms with E-state index in [0.29, 0.717) is 13.2 Å². The van der Waals surface area contributed by atoms with E-state index in [9.17, 15) is 8.42 Å². The summed E-state index contributed by atoms with van der Waals surface area (Å²) in [6.45, 7) is 3.56. The number of carboxylic acid groups (broad SMARTS) is 1. The molecule has 0 aromatic heterocycles. The second kappa shape index (κ2) is 16.0. The van der Waals surface area contributed by atoms with E-state index >= 15 is 0 Å². The highest BCUT2D eigenvalue weighted by Crippen LogP contribution is 2.08. The quantitative estimate of drug-likeness (QED) is 0.404. The molecule has 4 N–H and O–H groups in total. The molecule has 1 rings (SSSR count). The van der Waals surface area contributed by atoms with Crippen LogP contribution in [0.5, 0.6) is 0 Å². The van der Waals surface area contributed by atoms with Crippen LogP contribution in [0.2, 0.25) is 0 Å². The molecule has 0 aliphatic heterocycles. The summed E-state index contributed by atoms with van der Waals surface area (Å²) in [7, 11) is -4.02. The minimum atomic E-state index is -4.02. The molecule has 1 aromatic rings. The Kier molecular flexibility index (Phi) is 16.5. The van der Waals surface area contributed by atoms with Crippen LogP contribution in [-0.4, -0.2) is 47.5 Å². The van der Waals surface area contributed by atoms with E-state index in [1.165, 1.54) is 25.0 Å². The smallest absolute Gasteiger partial charge is 0.300 e. The van der Waals surface area contributed by atoms with Crippen molar-refractivity contribution in [2.45, 2.75) is 57.3 Å². The summed E-state index contributed by atoms with van der Waals surface area (Å²) >= 11 is 0. The number of carbonyl (C=O) groups is 1. The van der Waals surface area contributed by atoms with E-state index in [0.717, 1.165) is 38.2 Å². The number of aliphatic hydroxyl groups is 2. The van der Waals surface area contributed by atoms with Gasteiger partial charge in [0.05, 0.1) is 4.90 Å². The van der Waals surface area contributed by atoms with E-state index in [-0.39, 0.29) is 4.90 Å². The predicted octanol–water partition coefficient (Wildman–Crippen LogP) is 2.64. The van der Waals surface area contributed by atoms with Gasteiger partial charge >= 0.3 is 0 Å². The first-order chi connectivity index (χ1) is 11.6. The van der Waals surface area contributed by atoms with Crippen molar-refractivity contribution in [1.82, 2.24) is 0 Å². The number of benzene rings is 1. The van der Waals surface area contributed by atoms with Crippen molar-refractivity contribution in [3.05, 3.63) is 29.8 Å². The zero-order chi connectivity index (χ0) is 19.7. The van der Waals surface area contributed by atoms with Crippen molar-refractivity contribution < 1.29 is 33.1 Å². The third-order valence-corrected chi connectivity index (χ3v) is 3.75. The molecule has 0 amide bonds. The Hall–Kier alpha value is -1.48. The molecular formula is C17H30O7S. The van der Waals surface area contributed by atoms with E-state index in [4.69, 9.17) is 24.7 Å². The lowest BCUT2D eigenvalue weighted by atomic mass is 10.1. The third-order valence-electron chi connectivity index (χ3n) is 2.89. The standard InChI is InChI=1S/C8H18O2.C7H8O3S.C2H4O2/c9-7-5-3-1-2-4-6-8-10;1-6-2-4-7(5-3-6)11(8,9)10;1-2(3)4/h9-10H,1-8H2;2-5H,1H3,(H,8,9,10);1H3,(H,3,4). The highest BCUT2D eigenvalue weighted by atomic mass is 32.2. The second-order valence-corrected chi connectivity index (χ2v) is 6.80. The lowest BCUT2D eigenvalue weighted by Crippen LogP contribution is -1.96. The van der Waals surface area contributed by atoms with Gasteiger partial charge < -0.3 is 15.3 Å². The number of hydrogen-bond acceptors (Lipinski definition) is 5. The minimum absolute atomic E-state index is 0.0666. The average Bonchev–Trinajstić information content (AvgIpc) is 2.50. The Labute approximate surface area is 150 Å². The van der Waals surface area contributed by atoms with E-state index in [1.54, 1.807) is 12.1 Å². The molecule has 0 aliphatic carbocycles. The van der Waals surface area contributed by atoms with Gasteiger partial charge in [-0.15, -0.1) is 0 Å². The van der Waals surface area contributed by atoms with Gasteiger partial charge in [0.2, 0.25) is 0 Å². The molecule has 0 heterocycles. The first-order valence-corrected chi connectivity index (χ1v) is 9.54. The molecule has 8 heteroatoms. The summed E-state index contributed by atoms with van der Waals surface area (Å²) < 4.78 is 29.6. The average molecular weight is 378 g/mol. The number of aliphatic hydroxyl groups excluding tert-OH is 2. The SMILES string of the molecule is CC(=O)O.Cc1ccc(S(=O)(=O)O)cc1.OCCCCCCCCO. The number of rotatable bonds is 8. The molecule has 0 spiro atoms. The molecule has 1 aromatic carbocycles. The van der Waals surface area contributed by atoms with Crippen LogP contribution in [0.25, 0.3) is 0 Å². The fourth-order valence-electron chi connectivity index (χ4n) is 1.64. The van der Waals surface area contributed by atoms with Gasteiger partial charge in [0, 0.05) is 20.1 Å². The Bertz CT molecular complexity index is 527. The topological polar surface area (TPSA) is 132 Å². The van der Waals surface area contributed by atoms with Crippen molar-refractivity contribution in [3.8, 4) is 0 Å². The summed E-state index contributed by atoms with van der Waals surface area (Å²) in [6.07, 6.45) is 6.50. The fraction of sp³-hybridized carbons (Fsp3) is 0.588. The summed E-state index contributed by atoms with van der Waals surface area (Å²) in [5, 5.41) is 24.3. The number of unbranched alkanes of at least 4 members (excludes halogenated alkanes) is 5. The number of hydrogen-bond donors (Lipinski definition) is 4. The first-order valence-electron chi connectivity index (χ1n) is 8.10. The molecule has 146 valence electrons. The van der Waals surface area contributed by atoms with Crippen LogP contribution in [-0.2, 0) is 14.9 Å². The number of carboxylic acids is 1. The maximum Gasteiger partial charge on any atom is 0.300 e. The molecule has 0 bridgehead atoms. The van der Waals surface area contributed by atoms with Gasteiger partial charge in [0.15, 0.2) is 0 Å². The zero-order valence-electron chi connectivity index (χ0n) is 14.9. The van der Waals surface area contributed by atoms with Gasteiger partial charge in [-0.1, -0.05) is 43.4 Å². The number of aryl methyl sites for hydroxylation is 1. The van der Waals surface area contributed by atoms with Gasteiger partial charge in [-0.3, -0.25) is 9.35 Å². The van der Waals surface area contributed by atoms with E-state index in [2.05, 4.69) is 0 Å². The predicted molar refractivity (Wildman–Crippen MR) is 96.2 cm³/mol. The van der Waals surface area contributed by atoms with Crippen LogP contribution in [0.1, 0.15) is 51.0 Å². The van der Waals surface area contributed by atoms with Crippen molar-refractivity contribution in [2.75, 3.05) is 13.2 Å². The number of aliphatic carboxylic acids is 1. The summed E-state index contributed by atoms with van der Waals surface area (Å²) in [5.74, 6) is -0.833. The van der Waals surface area contributed by atoms with Crippen LogP contribution in [0.4, 0.5) is 0 Å². The van der Waals surface area contributed by atoms with Crippen LogP contribution in [0.3, 0.4) is 0 Å². The molecule has 25 heavy (non-hydrogen) atoms. The van der Waals surface area contributed by atoms with Crippen LogP contribution in [0, 0.1) is 6.92 Å². The van der Waals surface area contributed by atoms with E-state index < -0.39 is 16.1 Å². The molecule has 0 unspecified atom stereocenters. The van der Waals surface area contributed by atoms with Crippen LogP contribution < -0.4 is 0 Å². The summed E-state index contributed by atoms with van der Waals surface area (Å²) in [5.41, 5.74) is 0.956. The van der Waals surface area contributed by atoms with Crippen molar-refractivity contribution in [3.63, 3.8) is 0 Å². The monoisotopic (exact) mass is 378 g/mol. The van der Waals surface area contributed by atoms with Gasteiger partial charge in [-0.25, -0.2) is 0 Å². The molecule has 7 nitrogen and oxygen atoms in total. The molecular weight excluding hydrogens is 348 g/mol. The van der Waals surface area contributed by atoms with Gasteiger partial charge in [0.25, 0.3) is 16.1 Å². The lowest BCUT2D eigenvalue weighted by molar-refractivity contribution is -0.134.